The fraction of sp³-hybridized carbons (Fsp3) is 0.429. The second kappa shape index (κ2) is 7.66. The molecule has 1 fully saturated rings. The van der Waals surface area contributed by atoms with Gasteiger partial charge in [-0.3, -0.25) is 30.4 Å². The number of nitrogens with zero attached hydrogens (tertiary/aromatic N) is 3. The van der Waals surface area contributed by atoms with Gasteiger partial charge >= 0.3 is 11.7 Å². The molecule has 0 aromatic heterocycles. The minimum atomic E-state index is -1.03. The number of hydrazone groups is 1. The quantitative estimate of drug-likeness (QED) is 0.515. The van der Waals surface area contributed by atoms with Crippen LogP contribution >= 0.6 is 0 Å². The number of non-ortho nitro benzene ring substituents is 1. The zero-order valence-corrected chi connectivity index (χ0v) is 13.0. The standard InChI is InChI=1S/C14H16N4O7/c19-10-2-4-11(8(5-10)6-14(20)21)15-16-12-3-1-9(17(22)23)7-13(12)18(24)25/h1,3,7-8,10,16,19H,2,4-6H2,(H,20,21)/b15-11+/t8-,10+/m1/s1. The number of hydrogen-bond donors (Lipinski definition) is 3. The molecule has 2 atom stereocenters. The Hall–Kier alpha value is -3.08. The predicted octanol–water partition coefficient (Wildman–Crippen LogP) is 1.91. The van der Waals surface area contributed by atoms with Crippen molar-refractivity contribution in [3.8, 4) is 0 Å². The van der Waals surface area contributed by atoms with Crippen LogP contribution < -0.4 is 5.43 Å². The van der Waals surface area contributed by atoms with E-state index in [9.17, 15) is 30.1 Å². The molecule has 1 aliphatic carbocycles. The van der Waals surface area contributed by atoms with Crippen molar-refractivity contribution in [1.29, 1.82) is 0 Å². The lowest BCUT2D eigenvalue weighted by molar-refractivity contribution is -0.393. The summed E-state index contributed by atoms with van der Waals surface area (Å²) >= 11 is 0. The first-order valence-electron chi connectivity index (χ1n) is 7.43. The first kappa shape index (κ1) is 18.3. The van der Waals surface area contributed by atoms with Crippen molar-refractivity contribution in [2.45, 2.75) is 31.8 Å². The maximum atomic E-state index is 11.1. The third kappa shape index (κ3) is 4.70. The van der Waals surface area contributed by atoms with E-state index < -0.39 is 39.2 Å². The summed E-state index contributed by atoms with van der Waals surface area (Å²) in [5, 5.41) is 44.5. The van der Waals surface area contributed by atoms with Crippen molar-refractivity contribution in [1.82, 2.24) is 0 Å². The molecule has 11 nitrogen and oxygen atoms in total. The molecule has 0 unspecified atom stereocenters. The number of carboxylic acids is 1. The molecule has 3 N–H and O–H groups in total. The normalized spacial score (nSPS) is 21.7. The van der Waals surface area contributed by atoms with E-state index >= 15 is 0 Å². The topological polar surface area (TPSA) is 168 Å². The smallest absolute Gasteiger partial charge is 0.304 e. The van der Waals surface area contributed by atoms with Gasteiger partial charge in [0.2, 0.25) is 0 Å². The molecule has 2 rings (SSSR count). The lowest BCUT2D eigenvalue weighted by atomic mass is 9.83. The number of rotatable bonds is 6. The number of nitrogens with one attached hydrogen (secondary N) is 1. The van der Waals surface area contributed by atoms with Crippen LogP contribution in [-0.4, -0.2) is 37.8 Å². The van der Waals surface area contributed by atoms with Gasteiger partial charge in [-0.25, -0.2) is 0 Å². The molecule has 0 bridgehead atoms. The van der Waals surface area contributed by atoms with Crippen molar-refractivity contribution in [3.05, 3.63) is 38.4 Å². The second-order valence-electron chi connectivity index (χ2n) is 5.65. The van der Waals surface area contributed by atoms with Crippen molar-refractivity contribution in [2.24, 2.45) is 11.0 Å². The van der Waals surface area contributed by atoms with Crippen LogP contribution in [-0.2, 0) is 4.79 Å². The fourth-order valence-electron chi connectivity index (χ4n) is 2.67. The van der Waals surface area contributed by atoms with E-state index in [4.69, 9.17) is 5.11 Å². The van der Waals surface area contributed by atoms with Gasteiger partial charge in [-0.05, 0) is 25.3 Å². The number of anilines is 1. The Labute approximate surface area is 141 Å². The van der Waals surface area contributed by atoms with E-state index in [1.54, 1.807) is 0 Å². The number of benzene rings is 1. The van der Waals surface area contributed by atoms with Crippen molar-refractivity contribution < 1.29 is 24.9 Å². The van der Waals surface area contributed by atoms with Crippen LogP contribution in [0.15, 0.2) is 23.3 Å². The molecule has 0 radical (unpaired) electrons. The maximum absolute atomic E-state index is 11.1. The molecule has 11 heteroatoms. The SMILES string of the molecule is O=C(O)C[C@H]1C[C@@H](O)CC/C1=N\Nc1ccc([N+](=O)[O-])cc1[N+](=O)[O-]. The van der Waals surface area contributed by atoms with Gasteiger partial charge in [0.15, 0.2) is 0 Å². The Bertz CT molecular complexity index is 734. The molecular weight excluding hydrogens is 336 g/mol. The molecule has 0 heterocycles. The fourth-order valence-corrected chi connectivity index (χ4v) is 2.67. The molecule has 1 saturated carbocycles. The third-order valence-corrected chi connectivity index (χ3v) is 3.89. The Morgan fingerprint density at radius 3 is 2.64 bits per heavy atom. The first-order chi connectivity index (χ1) is 11.8. The predicted molar refractivity (Wildman–Crippen MR) is 86.4 cm³/mol. The van der Waals surface area contributed by atoms with Gasteiger partial charge in [-0.15, -0.1) is 0 Å². The van der Waals surface area contributed by atoms with Crippen LogP contribution in [0, 0.1) is 26.1 Å². The summed E-state index contributed by atoms with van der Waals surface area (Å²) in [7, 11) is 0. The Balaban J connectivity index is 2.25. The van der Waals surface area contributed by atoms with Gasteiger partial charge in [0.1, 0.15) is 5.69 Å². The number of nitro benzene ring substituents is 2. The van der Waals surface area contributed by atoms with Crippen molar-refractivity contribution in [3.63, 3.8) is 0 Å². The minimum absolute atomic E-state index is 0.0386. The van der Waals surface area contributed by atoms with Crippen LogP contribution in [0.2, 0.25) is 0 Å². The minimum Gasteiger partial charge on any atom is -0.481 e. The van der Waals surface area contributed by atoms with Gasteiger partial charge in [-0.2, -0.15) is 5.10 Å². The molecule has 0 aliphatic heterocycles. The van der Waals surface area contributed by atoms with Crippen LogP contribution in [0.1, 0.15) is 25.7 Å². The van der Waals surface area contributed by atoms with Crippen LogP contribution in [0.5, 0.6) is 0 Å². The molecule has 1 aromatic carbocycles. The third-order valence-electron chi connectivity index (χ3n) is 3.89. The van der Waals surface area contributed by atoms with Crippen LogP contribution in [0.3, 0.4) is 0 Å². The average molecular weight is 352 g/mol. The summed E-state index contributed by atoms with van der Waals surface area (Å²) in [6, 6.07) is 3.10. The van der Waals surface area contributed by atoms with Crippen molar-refractivity contribution in [2.75, 3.05) is 5.43 Å². The highest BCUT2D eigenvalue weighted by Gasteiger charge is 2.28. The van der Waals surface area contributed by atoms with Gasteiger partial charge in [0.05, 0.1) is 28.4 Å². The average Bonchev–Trinajstić information content (AvgIpc) is 2.53. The molecule has 1 aliphatic rings. The second-order valence-corrected chi connectivity index (χ2v) is 5.65. The zero-order valence-electron chi connectivity index (χ0n) is 13.0. The summed E-state index contributed by atoms with van der Waals surface area (Å²) in [6.07, 6.45) is 0.193. The molecule has 0 spiro atoms. The highest BCUT2D eigenvalue weighted by atomic mass is 16.6. The summed E-state index contributed by atoms with van der Waals surface area (Å²) in [6.45, 7) is 0. The first-order valence-corrected chi connectivity index (χ1v) is 7.43. The van der Waals surface area contributed by atoms with E-state index in [0.29, 0.717) is 18.6 Å². The highest BCUT2D eigenvalue weighted by Crippen LogP contribution is 2.30. The highest BCUT2D eigenvalue weighted by molar-refractivity contribution is 5.91. The number of nitro groups is 2. The number of aliphatic hydroxyl groups is 1. The van der Waals surface area contributed by atoms with Gasteiger partial charge < -0.3 is 10.2 Å². The summed E-state index contributed by atoms with van der Waals surface area (Å²) in [4.78, 5) is 31.2. The van der Waals surface area contributed by atoms with Crippen molar-refractivity contribution >= 4 is 28.7 Å². The number of carbonyl (C=O) groups is 1. The Morgan fingerprint density at radius 1 is 1.32 bits per heavy atom. The Kier molecular flexibility index (Phi) is 5.60. The summed E-state index contributed by atoms with van der Waals surface area (Å²) < 4.78 is 0. The number of aliphatic carboxylic acids is 1. The monoisotopic (exact) mass is 352 g/mol. The molecular formula is C14H16N4O7. The molecule has 134 valence electrons. The zero-order chi connectivity index (χ0) is 18.6. The van der Waals surface area contributed by atoms with Gasteiger partial charge in [0, 0.05) is 17.7 Å². The molecule has 25 heavy (non-hydrogen) atoms. The lowest BCUT2D eigenvalue weighted by Crippen LogP contribution is -2.30. The van der Waals surface area contributed by atoms with Crippen LogP contribution in [0.4, 0.5) is 17.1 Å². The van der Waals surface area contributed by atoms with Crippen LogP contribution in [0.25, 0.3) is 0 Å². The largest absolute Gasteiger partial charge is 0.481 e. The van der Waals surface area contributed by atoms with E-state index in [2.05, 4.69) is 10.5 Å². The van der Waals surface area contributed by atoms with E-state index in [1.165, 1.54) is 6.07 Å². The number of carboxylic acid groups (broad SMARTS) is 1. The molecule has 0 saturated heterocycles. The van der Waals surface area contributed by atoms with E-state index in [-0.39, 0.29) is 18.5 Å². The molecule has 1 aromatic rings. The lowest BCUT2D eigenvalue weighted by Gasteiger charge is -2.26. The number of hydrogen-bond acceptors (Lipinski definition) is 8. The number of aliphatic hydroxyl groups excluding tert-OH is 1. The molecule has 0 amide bonds. The Morgan fingerprint density at radius 2 is 2.04 bits per heavy atom. The van der Waals surface area contributed by atoms with E-state index in [0.717, 1.165) is 12.1 Å². The maximum Gasteiger partial charge on any atom is 0.304 e. The van der Waals surface area contributed by atoms with Gasteiger partial charge in [-0.1, -0.05) is 0 Å². The van der Waals surface area contributed by atoms with E-state index in [1.807, 2.05) is 0 Å². The van der Waals surface area contributed by atoms with Gasteiger partial charge in [0.25, 0.3) is 5.69 Å². The summed E-state index contributed by atoms with van der Waals surface area (Å²) in [5.74, 6) is -1.51. The summed E-state index contributed by atoms with van der Waals surface area (Å²) in [5.41, 5.74) is 2.01.